The molecule has 1 aromatic heterocycles. The van der Waals surface area contributed by atoms with Crippen LogP contribution < -0.4 is 5.73 Å². The molecule has 3 rings (SSSR count). The highest BCUT2D eigenvalue weighted by atomic mass is 16.2. The average molecular weight is 257 g/mol. The van der Waals surface area contributed by atoms with E-state index in [0.717, 1.165) is 23.4 Å². The van der Waals surface area contributed by atoms with Gasteiger partial charge in [-0.1, -0.05) is 6.92 Å². The fraction of sp³-hybridized carbons (Fsp3) is 0.400. The first-order valence-electron chi connectivity index (χ1n) is 6.68. The van der Waals surface area contributed by atoms with E-state index in [1.165, 1.54) is 6.42 Å². The summed E-state index contributed by atoms with van der Waals surface area (Å²) in [5.41, 5.74) is 8.13. The number of aromatic amines is 1. The molecule has 2 unspecified atom stereocenters. The lowest BCUT2D eigenvalue weighted by Crippen LogP contribution is -2.28. The van der Waals surface area contributed by atoms with Crippen LogP contribution in [-0.2, 0) is 0 Å². The largest absolute Gasteiger partial charge is 0.399 e. The van der Waals surface area contributed by atoms with Gasteiger partial charge < -0.3 is 15.6 Å². The summed E-state index contributed by atoms with van der Waals surface area (Å²) in [5, 5.41) is 0.903. The lowest BCUT2D eigenvalue weighted by molar-refractivity contribution is 0.0789. The Kier molecular flexibility index (Phi) is 2.73. The van der Waals surface area contributed by atoms with Crippen molar-refractivity contribution >= 4 is 22.5 Å². The Bertz CT molecular complexity index is 631. The number of nitrogens with zero attached hydrogens (tertiary/aromatic N) is 1. The van der Waals surface area contributed by atoms with Crippen LogP contribution in [0.25, 0.3) is 10.9 Å². The van der Waals surface area contributed by atoms with Gasteiger partial charge in [-0.15, -0.1) is 0 Å². The highest BCUT2D eigenvalue weighted by Gasteiger charge is 2.34. The van der Waals surface area contributed by atoms with Crippen LogP contribution in [0.5, 0.6) is 0 Å². The van der Waals surface area contributed by atoms with Crippen LogP contribution >= 0.6 is 0 Å². The van der Waals surface area contributed by atoms with Crippen molar-refractivity contribution in [2.24, 2.45) is 11.8 Å². The molecular weight excluding hydrogens is 238 g/mol. The molecule has 2 atom stereocenters. The number of anilines is 1. The lowest BCUT2D eigenvalue weighted by Gasteiger charge is -2.16. The number of rotatable bonds is 3. The van der Waals surface area contributed by atoms with E-state index in [0.29, 0.717) is 17.2 Å². The van der Waals surface area contributed by atoms with Gasteiger partial charge in [-0.25, -0.2) is 0 Å². The molecule has 4 nitrogen and oxygen atoms in total. The predicted octanol–water partition coefficient (Wildman–Crippen LogP) is 2.48. The van der Waals surface area contributed by atoms with E-state index in [1.54, 1.807) is 6.20 Å². The highest BCUT2D eigenvalue weighted by Crippen LogP contribution is 2.38. The van der Waals surface area contributed by atoms with Crippen molar-refractivity contribution in [1.29, 1.82) is 0 Å². The maximum Gasteiger partial charge on any atom is 0.255 e. The fourth-order valence-corrected chi connectivity index (χ4v) is 2.61. The third-order valence-electron chi connectivity index (χ3n) is 4.07. The number of hydrogen-bond acceptors (Lipinski definition) is 2. The highest BCUT2D eigenvalue weighted by molar-refractivity contribution is 6.07. The summed E-state index contributed by atoms with van der Waals surface area (Å²) in [6.07, 6.45) is 3.01. The molecule has 1 heterocycles. The summed E-state index contributed by atoms with van der Waals surface area (Å²) >= 11 is 0. The zero-order valence-electron chi connectivity index (χ0n) is 11.3. The third kappa shape index (κ3) is 2.18. The molecule has 2 aromatic rings. The molecule has 4 heteroatoms. The first kappa shape index (κ1) is 12.1. The van der Waals surface area contributed by atoms with Gasteiger partial charge >= 0.3 is 0 Å². The van der Waals surface area contributed by atoms with Crippen LogP contribution in [0.2, 0.25) is 0 Å². The molecule has 3 N–H and O–H groups in total. The van der Waals surface area contributed by atoms with Gasteiger partial charge in [0.1, 0.15) is 0 Å². The Balaban J connectivity index is 1.86. The van der Waals surface area contributed by atoms with Gasteiger partial charge in [0.05, 0.1) is 5.56 Å². The maximum atomic E-state index is 12.5. The van der Waals surface area contributed by atoms with E-state index >= 15 is 0 Å². The van der Waals surface area contributed by atoms with Crippen LogP contribution in [0.15, 0.2) is 24.4 Å². The standard InChI is InChI=1S/C15H19N3O/c1-9-5-10(9)8-18(2)15(19)13-7-17-14-4-3-11(16)6-12(13)14/h3-4,6-7,9-10,17H,5,8,16H2,1-2H3. The summed E-state index contributed by atoms with van der Waals surface area (Å²) in [4.78, 5) is 17.4. The number of nitrogens with one attached hydrogen (secondary N) is 1. The van der Waals surface area contributed by atoms with Gasteiger partial charge in [-0.3, -0.25) is 4.79 Å². The number of amides is 1. The fourth-order valence-electron chi connectivity index (χ4n) is 2.61. The van der Waals surface area contributed by atoms with Gasteiger partial charge in [0, 0.05) is 36.4 Å². The molecule has 1 amide bonds. The Hall–Kier alpha value is -1.97. The van der Waals surface area contributed by atoms with Gasteiger partial charge in [0.2, 0.25) is 0 Å². The summed E-state index contributed by atoms with van der Waals surface area (Å²) in [6.45, 7) is 3.07. The number of H-pyrrole nitrogens is 1. The minimum atomic E-state index is 0.0657. The van der Waals surface area contributed by atoms with E-state index in [2.05, 4.69) is 11.9 Å². The molecule has 1 aliphatic carbocycles. The summed E-state index contributed by atoms with van der Waals surface area (Å²) in [6, 6.07) is 5.60. The number of nitrogen functional groups attached to an aromatic ring is 1. The van der Waals surface area contributed by atoms with Crippen molar-refractivity contribution in [3.8, 4) is 0 Å². The second-order valence-corrected chi connectivity index (χ2v) is 5.67. The number of hydrogen-bond donors (Lipinski definition) is 2. The van der Waals surface area contributed by atoms with Crippen molar-refractivity contribution in [2.75, 3.05) is 19.3 Å². The van der Waals surface area contributed by atoms with Gasteiger partial charge in [0.25, 0.3) is 5.91 Å². The summed E-state index contributed by atoms with van der Waals surface area (Å²) in [5.74, 6) is 1.49. The van der Waals surface area contributed by atoms with E-state index < -0.39 is 0 Å². The van der Waals surface area contributed by atoms with E-state index in [4.69, 9.17) is 5.73 Å². The van der Waals surface area contributed by atoms with E-state index in [1.807, 2.05) is 30.1 Å². The average Bonchev–Trinajstić information content (AvgIpc) is 2.90. The smallest absolute Gasteiger partial charge is 0.255 e. The lowest BCUT2D eigenvalue weighted by atomic mass is 10.1. The maximum absolute atomic E-state index is 12.5. The molecular formula is C15H19N3O. The number of nitrogens with two attached hydrogens (primary N) is 1. The van der Waals surface area contributed by atoms with Crippen LogP contribution in [0.1, 0.15) is 23.7 Å². The molecule has 1 saturated carbocycles. The Morgan fingerprint density at radius 2 is 2.26 bits per heavy atom. The van der Waals surface area contributed by atoms with Gasteiger partial charge in [0.15, 0.2) is 0 Å². The van der Waals surface area contributed by atoms with Crippen LogP contribution in [0.4, 0.5) is 5.69 Å². The zero-order valence-corrected chi connectivity index (χ0v) is 11.3. The minimum absolute atomic E-state index is 0.0657. The SMILES string of the molecule is CC1CC1CN(C)C(=O)c1c[nH]c2ccc(N)cc12. The van der Waals surface area contributed by atoms with Gasteiger partial charge in [-0.2, -0.15) is 0 Å². The number of aromatic nitrogens is 1. The number of carbonyl (C=O) groups excluding carboxylic acids is 1. The molecule has 0 spiro atoms. The quantitative estimate of drug-likeness (QED) is 0.830. The molecule has 0 bridgehead atoms. The Labute approximate surface area is 112 Å². The van der Waals surface area contributed by atoms with Crippen molar-refractivity contribution in [2.45, 2.75) is 13.3 Å². The molecule has 1 fully saturated rings. The topological polar surface area (TPSA) is 62.1 Å². The first-order valence-corrected chi connectivity index (χ1v) is 6.68. The van der Waals surface area contributed by atoms with E-state index in [-0.39, 0.29) is 5.91 Å². The van der Waals surface area contributed by atoms with Crippen molar-refractivity contribution in [3.05, 3.63) is 30.0 Å². The monoisotopic (exact) mass is 257 g/mol. The van der Waals surface area contributed by atoms with E-state index in [9.17, 15) is 4.79 Å². The van der Waals surface area contributed by atoms with Crippen molar-refractivity contribution in [1.82, 2.24) is 9.88 Å². The molecule has 1 aromatic carbocycles. The third-order valence-corrected chi connectivity index (χ3v) is 4.07. The second-order valence-electron chi connectivity index (χ2n) is 5.67. The number of fused-ring (bicyclic) bond motifs is 1. The number of benzene rings is 1. The molecule has 100 valence electrons. The second kappa shape index (κ2) is 4.30. The number of carbonyl (C=O) groups is 1. The summed E-state index contributed by atoms with van der Waals surface area (Å²) < 4.78 is 0. The minimum Gasteiger partial charge on any atom is -0.399 e. The molecule has 0 aliphatic heterocycles. The summed E-state index contributed by atoms with van der Waals surface area (Å²) in [7, 11) is 1.87. The molecule has 19 heavy (non-hydrogen) atoms. The van der Waals surface area contributed by atoms with Crippen LogP contribution in [-0.4, -0.2) is 29.4 Å². The zero-order chi connectivity index (χ0) is 13.6. The Morgan fingerprint density at radius 3 is 2.95 bits per heavy atom. The normalized spacial score (nSPS) is 21.6. The predicted molar refractivity (Wildman–Crippen MR) is 76.9 cm³/mol. The molecule has 0 saturated heterocycles. The van der Waals surface area contributed by atoms with Crippen LogP contribution in [0, 0.1) is 11.8 Å². The van der Waals surface area contributed by atoms with Crippen molar-refractivity contribution in [3.63, 3.8) is 0 Å². The van der Waals surface area contributed by atoms with Gasteiger partial charge in [-0.05, 0) is 36.5 Å². The van der Waals surface area contributed by atoms with Crippen LogP contribution in [0.3, 0.4) is 0 Å². The molecule has 1 aliphatic rings. The Morgan fingerprint density at radius 1 is 1.53 bits per heavy atom. The first-order chi connectivity index (χ1) is 9.06. The van der Waals surface area contributed by atoms with Crippen molar-refractivity contribution < 1.29 is 4.79 Å². The molecule has 0 radical (unpaired) electrons.